The maximum absolute atomic E-state index is 6.39. The minimum absolute atomic E-state index is 0.394. The van der Waals surface area contributed by atoms with Crippen LogP contribution in [0.4, 0.5) is 0 Å². The zero-order valence-corrected chi connectivity index (χ0v) is 13.8. The van der Waals surface area contributed by atoms with Crippen LogP contribution in [0.2, 0.25) is 0 Å². The van der Waals surface area contributed by atoms with Gasteiger partial charge in [-0.2, -0.15) is 0 Å². The van der Waals surface area contributed by atoms with E-state index in [-0.39, 0.29) is 0 Å². The number of nitrogens with one attached hydrogen (secondary N) is 1. The Morgan fingerprint density at radius 3 is 2.37 bits per heavy atom. The van der Waals surface area contributed by atoms with Gasteiger partial charge in [-0.15, -0.1) is 0 Å². The lowest BCUT2D eigenvalue weighted by atomic mass is 9.70. The van der Waals surface area contributed by atoms with E-state index in [2.05, 4.69) is 46.9 Å². The highest BCUT2D eigenvalue weighted by Crippen LogP contribution is 2.66. The molecule has 0 saturated heterocycles. The van der Waals surface area contributed by atoms with Gasteiger partial charge in [-0.25, -0.2) is 0 Å². The van der Waals surface area contributed by atoms with Crippen LogP contribution in [-0.4, -0.2) is 25.3 Å². The number of hydrogen-bond donors (Lipinski definition) is 1. The molecule has 4 unspecified atom stereocenters. The molecule has 112 valence electrons. The second-order valence-electron chi connectivity index (χ2n) is 7.84. The quantitative estimate of drug-likeness (QED) is 0.789. The van der Waals surface area contributed by atoms with Gasteiger partial charge in [-0.1, -0.05) is 41.5 Å². The molecule has 2 heteroatoms. The number of ether oxygens (including phenoxy) is 1. The van der Waals surface area contributed by atoms with Crippen LogP contribution in [0.3, 0.4) is 0 Å². The van der Waals surface area contributed by atoms with Gasteiger partial charge in [-0.05, 0) is 48.5 Å². The lowest BCUT2D eigenvalue weighted by Crippen LogP contribution is -2.42. The van der Waals surface area contributed by atoms with Gasteiger partial charge in [0.25, 0.3) is 0 Å². The Labute approximate surface area is 119 Å². The third-order valence-electron chi connectivity index (χ3n) is 6.46. The van der Waals surface area contributed by atoms with Crippen molar-refractivity contribution in [1.29, 1.82) is 0 Å². The van der Waals surface area contributed by atoms with Crippen molar-refractivity contribution in [2.45, 2.75) is 73.0 Å². The smallest absolute Gasteiger partial charge is 0.0637 e. The third kappa shape index (κ3) is 2.47. The van der Waals surface area contributed by atoms with E-state index >= 15 is 0 Å². The average molecular weight is 267 g/mol. The van der Waals surface area contributed by atoms with Gasteiger partial charge in [0.05, 0.1) is 12.7 Å². The monoisotopic (exact) mass is 267 g/mol. The predicted octanol–water partition coefficient (Wildman–Crippen LogP) is 3.85. The molecule has 2 aliphatic carbocycles. The van der Waals surface area contributed by atoms with Crippen LogP contribution < -0.4 is 5.32 Å². The fourth-order valence-electron chi connectivity index (χ4n) is 4.35. The highest BCUT2D eigenvalue weighted by atomic mass is 16.5. The topological polar surface area (TPSA) is 21.3 Å². The third-order valence-corrected chi connectivity index (χ3v) is 6.46. The van der Waals surface area contributed by atoms with Crippen molar-refractivity contribution in [2.75, 3.05) is 13.2 Å². The van der Waals surface area contributed by atoms with Crippen LogP contribution in [0.25, 0.3) is 0 Å². The summed E-state index contributed by atoms with van der Waals surface area (Å²) in [5.74, 6) is 1.51. The SMILES string of the molecule is CCNC(COC1CC2CCC1(C)C2(C)C)C(C)C. The summed E-state index contributed by atoms with van der Waals surface area (Å²) >= 11 is 0. The molecule has 2 bridgehead atoms. The normalized spacial score (nSPS) is 38.1. The van der Waals surface area contributed by atoms with Crippen LogP contribution >= 0.6 is 0 Å². The van der Waals surface area contributed by atoms with Crippen molar-refractivity contribution >= 4 is 0 Å². The number of likely N-dealkylation sites (N-methyl/N-ethyl adjacent to an activating group) is 1. The first-order valence-corrected chi connectivity index (χ1v) is 8.18. The minimum atomic E-state index is 0.394. The molecule has 0 aromatic carbocycles. The largest absolute Gasteiger partial charge is 0.376 e. The fraction of sp³-hybridized carbons (Fsp3) is 1.00. The molecule has 19 heavy (non-hydrogen) atoms. The molecular weight excluding hydrogens is 234 g/mol. The van der Waals surface area contributed by atoms with E-state index in [4.69, 9.17) is 4.74 Å². The predicted molar refractivity (Wildman–Crippen MR) is 81.3 cm³/mol. The fourth-order valence-corrected chi connectivity index (χ4v) is 4.35. The summed E-state index contributed by atoms with van der Waals surface area (Å²) in [5.41, 5.74) is 0.856. The van der Waals surface area contributed by atoms with Crippen LogP contribution in [0.1, 0.15) is 60.8 Å². The molecule has 0 spiro atoms. The van der Waals surface area contributed by atoms with Crippen molar-refractivity contribution in [3.05, 3.63) is 0 Å². The molecular formula is C17H33NO. The molecule has 0 aromatic heterocycles. The van der Waals surface area contributed by atoms with Gasteiger partial charge in [0, 0.05) is 6.04 Å². The van der Waals surface area contributed by atoms with Gasteiger partial charge < -0.3 is 10.1 Å². The van der Waals surface area contributed by atoms with Gasteiger partial charge in [-0.3, -0.25) is 0 Å². The molecule has 1 N–H and O–H groups in total. The van der Waals surface area contributed by atoms with E-state index in [1.807, 2.05) is 0 Å². The zero-order chi connectivity index (χ0) is 14.3. The standard InChI is InChI=1S/C17H33NO/c1-7-18-14(12(2)3)11-19-15-10-13-8-9-17(15,6)16(13,4)5/h12-15,18H,7-11H2,1-6H3. The summed E-state index contributed by atoms with van der Waals surface area (Å²) in [6.45, 7) is 16.0. The maximum atomic E-state index is 6.39. The number of hydrogen-bond acceptors (Lipinski definition) is 2. The molecule has 0 aromatic rings. The van der Waals surface area contributed by atoms with E-state index in [0.717, 1.165) is 19.1 Å². The minimum Gasteiger partial charge on any atom is -0.376 e. The van der Waals surface area contributed by atoms with Gasteiger partial charge in [0.2, 0.25) is 0 Å². The molecule has 0 amide bonds. The van der Waals surface area contributed by atoms with Crippen LogP contribution in [0.5, 0.6) is 0 Å². The summed E-state index contributed by atoms with van der Waals surface area (Å²) in [7, 11) is 0. The first-order chi connectivity index (χ1) is 8.83. The summed E-state index contributed by atoms with van der Waals surface area (Å²) < 4.78 is 6.39. The van der Waals surface area contributed by atoms with Gasteiger partial charge >= 0.3 is 0 Å². The molecule has 0 heterocycles. The van der Waals surface area contributed by atoms with Crippen LogP contribution in [0.15, 0.2) is 0 Å². The van der Waals surface area contributed by atoms with E-state index in [0.29, 0.717) is 28.9 Å². The highest BCUT2D eigenvalue weighted by Gasteiger charge is 2.61. The van der Waals surface area contributed by atoms with Crippen LogP contribution in [0, 0.1) is 22.7 Å². The van der Waals surface area contributed by atoms with E-state index in [9.17, 15) is 0 Å². The van der Waals surface area contributed by atoms with Crippen molar-refractivity contribution in [3.8, 4) is 0 Å². The lowest BCUT2D eigenvalue weighted by molar-refractivity contribution is -0.0567. The number of fused-ring (bicyclic) bond motifs is 2. The van der Waals surface area contributed by atoms with Crippen molar-refractivity contribution in [2.24, 2.45) is 22.7 Å². The van der Waals surface area contributed by atoms with E-state index in [1.54, 1.807) is 0 Å². The van der Waals surface area contributed by atoms with Crippen LogP contribution in [-0.2, 0) is 4.74 Å². The van der Waals surface area contributed by atoms with Gasteiger partial charge in [0.15, 0.2) is 0 Å². The summed E-state index contributed by atoms with van der Waals surface area (Å²) in [5, 5.41) is 3.56. The lowest BCUT2D eigenvalue weighted by Gasteiger charge is -2.39. The molecule has 0 radical (unpaired) electrons. The molecule has 2 nitrogen and oxygen atoms in total. The maximum Gasteiger partial charge on any atom is 0.0637 e. The summed E-state index contributed by atoms with van der Waals surface area (Å²) in [4.78, 5) is 0. The Hall–Kier alpha value is -0.0800. The second kappa shape index (κ2) is 5.37. The van der Waals surface area contributed by atoms with E-state index in [1.165, 1.54) is 19.3 Å². The summed E-state index contributed by atoms with van der Waals surface area (Å²) in [6.07, 6.45) is 4.51. The number of rotatable bonds is 6. The van der Waals surface area contributed by atoms with Crippen molar-refractivity contribution in [3.63, 3.8) is 0 Å². The molecule has 4 atom stereocenters. The zero-order valence-electron chi connectivity index (χ0n) is 13.8. The summed E-state index contributed by atoms with van der Waals surface area (Å²) in [6, 6.07) is 0.496. The molecule has 0 aliphatic heterocycles. The first kappa shape index (κ1) is 15.3. The molecule has 2 rings (SSSR count). The Morgan fingerprint density at radius 1 is 1.26 bits per heavy atom. The molecule has 2 saturated carbocycles. The average Bonchev–Trinajstić information content (AvgIpc) is 2.66. The van der Waals surface area contributed by atoms with Crippen molar-refractivity contribution < 1.29 is 4.74 Å². The van der Waals surface area contributed by atoms with Gasteiger partial charge in [0.1, 0.15) is 0 Å². The molecule has 2 fully saturated rings. The Morgan fingerprint density at radius 2 is 1.95 bits per heavy atom. The Kier molecular flexibility index (Phi) is 4.32. The molecule has 2 aliphatic rings. The highest BCUT2D eigenvalue weighted by molar-refractivity contribution is 5.11. The second-order valence-corrected chi connectivity index (χ2v) is 7.84. The first-order valence-electron chi connectivity index (χ1n) is 8.18. The van der Waals surface area contributed by atoms with Crippen molar-refractivity contribution in [1.82, 2.24) is 5.32 Å². The Bertz CT molecular complexity index is 312. The Balaban J connectivity index is 1.94. The van der Waals surface area contributed by atoms with E-state index < -0.39 is 0 Å².